The first-order chi connectivity index (χ1) is 21.8. The normalized spacial score (nSPS) is 13.0. The largest absolute Gasteiger partial charge is 0.354 e. The molecule has 0 bridgehead atoms. The number of rotatable bonds is 0. The summed E-state index contributed by atoms with van der Waals surface area (Å²) in [4.78, 5) is 14.9. The van der Waals surface area contributed by atoms with Crippen LogP contribution in [0.3, 0.4) is 0 Å². The van der Waals surface area contributed by atoms with Gasteiger partial charge in [0.15, 0.2) is 0 Å². The number of hydrogen-bond acceptors (Lipinski definition) is 0. The van der Waals surface area contributed by atoms with Gasteiger partial charge in [0.2, 0.25) is 0 Å². The molecular formula is C40H22N4. The molecule has 12 aromatic rings. The standard InChI is InChI=1S/C40H22N4/c1-3-7-29-21(5-1)25-15-33-27(17-31(25)41-29)39-23-11-12-24-38-20(10-9-19(37(23)38)13-35(39)43-33)14-36-40(24)28-18-32-26(16-34(28)44-36)22-6-2-4-8-30(22)42-32/h1-18,41-44H. The van der Waals surface area contributed by atoms with Crippen molar-refractivity contribution in [2.45, 2.75) is 0 Å². The lowest BCUT2D eigenvalue weighted by atomic mass is 9.90. The monoisotopic (exact) mass is 558 g/mol. The first-order valence-corrected chi connectivity index (χ1v) is 15.2. The summed E-state index contributed by atoms with van der Waals surface area (Å²) in [6.07, 6.45) is 0. The Kier molecular flexibility index (Phi) is 3.51. The van der Waals surface area contributed by atoms with Gasteiger partial charge in [-0.2, -0.15) is 0 Å². The molecular weight excluding hydrogens is 536 g/mol. The Morgan fingerprint density at radius 2 is 0.659 bits per heavy atom. The Balaban J connectivity index is 1.23. The van der Waals surface area contributed by atoms with E-state index in [0.717, 1.165) is 0 Å². The Hall–Kier alpha value is -6.00. The molecule has 0 aliphatic heterocycles. The number of para-hydroxylation sites is 2. The van der Waals surface area contributed by atoms with E-state index < -0.39 is 0 Å². The first-order valence-electron chi connectivity index (χ1n) is 15.2. The van der Waals surface area contributed by atoms with Crippen LogP contribution in [0.4, 0.5) is 0 Å². The van der Waals surface area contributed by atoms with Gasteiger partial charge in [-0.15, -0.1) is 0 Å². The van der Waals surface area contributed by atoms with E-state index >= 15 is 0 Å². The second-order valence-corrected chi connectivity index (χ2v) is 12.5. The van der Waals surface area contributed by atoms with Crippen LogP contribution in [-0.4, -0.2) is 19.9 Å². The maximum absolute atomic E-state index is 3.78. The minimum absolute atomic E-state index is 1.17. The number of aromatic nitrogens is 4. The number of fused-ring (bicyclic) bond motifs is 14. The number of benzene rings is 8. The molecule has 4 aromatic heterocycles. The molecule has 4 nitrogen and oxygen atoms in total. The third-order valence-electron chi connectivity index (χ3n) is 10.3. The predicted octanol–water partition coefficient (Wildman–Crippen LogP) is 11.1. The number of aromatic amines is 4. The zero-order chi connectivity index (χ0) is 28.3. The van der Waals surface area contributed by atoms with Crippen LogP contribution in [0.2, 0.25) is 0 Å². The van der Waals surface area contributed by atoms with Crippen LogP contribution in [0.25, 0.3) is 120 Å². The average molecular weight is 559 g/mol. The summed E-state index contributed by atoms with van der Waals surface area (Å²) < 4.78 is 0. The molecule has 12 rings (SSSR count). The van der Waals surface area contributed by atoms with Gasteiger partial charge in [-0.05, 0) is 80.8 Å². The van der Waals surface area contributed by atoms with Crippen molar-refractivity contribution < 1.29 is 0 Å². The van der Waals surface area contributed by atoms with Crippen molar-refractivity contribution >= 4 is 120 Å². The van der Waals surface area contributed by atoms with E-state index in [1.54, 1.807) is 0 Å². The minimum atomic E-state index is 1.17. The van der Waals surface area contributed by atoms with Crippen molar-refractivity contribution in [3.63, 3.8) is 0 Å². The summed E-state index contributed by atoms with van der Waals surface area (Å²) in [5.41, 5.74) is 9.41. The molecule has 0 spiro atoms. The minimum Gasteiger partial charge on any atom is -0.354 e. The molecule has 4 heteroatoms. The van der Waals surface area contributed by atoms with Gasteiger partial charge in [0.05, 0.1) is 0 Å². The molecule has 202 valence electrons. The van der Waals surface area contributed by atoms with E-state index in [1.165, 1.54) is 120 Å². The van der Waals surface area contributed by atoms with Gasteiger partial charge < -0.3 is 19.9 Å². The quantitative estimate of drug-likeness (QED) is 0.134. The van der Waals surface area contributed by atoms with Crippen LogP contribution in [0, 0.1) is 0 Å². The molecule has 4 N–H and O–H groups in total. The molecule has 0 atom stereocenters. The van der Waals surface area contributed by atoms with Gasteiger partial charge in [0.25, 0.3) is 0 Å². The van der Waals surface area contributed by atoms with Crippen LogP contribution in [0.15, 0.2) is 109 Å². The van der Waals surface area contributed by atoms with Gasteiger partial charge >= 0.3 is 0 Å². The zero-order valence-electron chi connectivity index (χ0n) is 23.4. The van der Waals surface area contributed by atoms with Gasteiger partial charge in [-0.3, -0.25) is 0 Å². The smallest absolute Gasteiger partial charge is 0.0477 e. The molecule has 0 amide bonds. The van der Waals surface area contributed by atoms with Crippen molar-refractivity contribution in [2.24, 2.45) is 0 Å². The summed E-state index contributed by atoms with van der Waals surface area (Å²) >= 11 is 0. The molecule has 0 saturated heterocycles. The molecule has 8 aromatic carbocycles. The number of hydrogen-bond donors (Lipinski definition) is 4. The van der Waals surface area contributed by atoms with Crippen molar-refractivity contribution in [1.29, 1.82) is 0 Å². The molecule has 0 saturated carbocycles. The van der Waals surface area contributed by atoms with E-state index in [0.29, 0.717) is 0 Å². The maximum atomic E-state index is 3.78. The Labute approximate surface area is 248 Å². The molecule has 0 radical (unpaired) electrons. The zero-order valence-corrected chi connectivity index (χ0v) is 23.4. The van der Waals surface area contributed by atoms with Gasteiger partial charge in [0.1, 0.15) is 0 Å². The lowest BCUT2D eigenvalue weighted by Crippen LogP contribution is -1.86. The van der Waals surface area contributed by atoms with Crippen LogP contribution < -0.4 is 0 Å². The second kappa shape index (κ2) is 7.13. The van der Waals surface area contributed by atoms with E-state index in [4.69, 9.17) is 0 Å². The lowest BCUT2D eigenvalue weighted by molar-refractivity contribution is 1.54. The van der Waals surface area contributed by atoms with Gasteiger partial charge in [-0.1, -0.05) is 60.7 Å². The second-order valence-electron chi connectivity index (χ2n) is 12.5. The first kappa shape index (κ1) is 21.7. The van der Waals surface area contributed by atoms with Crippen molar-refractivity contribution in [1.82, 2.24) is 19.9 Å². The van der Waals surface area contributed by atoms with Crippen molar-refractivity contribution in [2.75, 3.05) is 0 Å². The van der Waals surface area contributed by atoms with Crippen LogP contribution in [0.5, 0.6) is 0 Å². The van der Waals surface area contributed by atoms with E-state index in [-0.39, 0.29) is 0 Å². The van der Waals surface area contributed by atoms with E-state index in [9.17, 15) is 0 Å². The summed E-state index contributed by atoms with van der Waals surface area (Å²) in [5, 5.41) is 18.0. The lowest BCUT2D eigenvalue weighted by Gasteiger charge is -2.13. The van der Waals surface area contributed by atoms with E-state index in [2.05, 4.69) is 129 Å². The fourth-order valence-electron chi connectivity index (χ4n) is 8.44. The summed E-state index contributed by atoms with van der Waals surface area (Å²) in [6, 6.07) is 40.4. The highest BCUT2D eigenvalue weighted by Gasteiger charge is 2.19. The molecule has 0 unspecified atom stereocenters. The summed E-state index contributed by atoms with van der Waals surface area (Å²) in [7, 11) is 0. The molecule has 0 aliphatic carbocycles. The van der Waals surface area contributed by atoms with Gasteiger partial charge in [-0.25, -0.2) is 0 Å². The Morgan fingerprint density at radius 1 is 0.250 bits per heavy atom. The molecule has 44 heavy (non-hydrogen) atoms. The number of nitrogens with one attached hydrogen (secondary N) is 4. The van der Waals surface area contributed by atoms with E-state index in [1.807, 2.05) is 0 Å². The SMILES string of the molecule is c1ccc2c(c1)[nH]c1cc3c(cc12)[nH]c1cc2ccc4cc5[nH]c6cc7c(cc6c5c5ccc(c13)c2c45)[nH]c1ccccc17. The Morgan fingerprint density at radius 3 is 1.16 bits per heavy atom. The van der Waals surface area contributed by atoms with Crippen LogP contribution >= 0.6 is 0 Å². The average Bonchev–Trinajstić information content (AvgIpc) is 3.80. The van der Waals surface area contributed by atoms with Gasteiger partial charge in [0, 0.05) is 87.2 Å². The maximum Gasteiger partial charge on any atom is 0.0477 e. The molecule has 4 heterocycles. The fourth-order valence-corrected chi connectivity index (χ4v) is 8.44. The van der Waals surface area contributed by atoms with Crippen LogP contribution in [0.1, 0.15) is 0 Å². The summed E-state index contributed by atoms with van der Waals surface area (Å²) in [5.74, 6) is 0. The topological polar surface area (TPSA) is 63.2 Å². The highest BCUT2D eigenvalue weighted by molar-refractivity contribution is 6.38. The summed E-state index contributed by atoms with van der Waals surface area (Å²) in [6.45, 7) is 0. The predicted molar refractivity (Wildman–Crippen MR) is 188 cm³/mol. The van der Waals surface area contributed by atoms with Crippen molar-refractivity contribution in [3.05, 3.63) is 109 Å². The van der Waals surface area contributed by atoms with Crippen molar-refractivity contribution in [3.8, 4) is 0 Å². The highest BCUT2D eigenvalue weighted by atomic mass is 14.7. The third kappa shape index (κ3) is 2.46. The Bertz CT molecular complexity index is 3000. The van der Waals surface area contributed by atoms with Crippen LogP contribution in [-0.2, 0) is 0 Å². The third-order valence-corrected chi connectivity index (χ3v) is 10.3. The molecule has 0 fully saturated rings. The number of H-pyrrole nitrogens is 4. The molecule has 0 aliphatic rings. The fraction of sp³-hybridized carbons (Fsp3) is 0. The highest BCUT2D eigenvalue weighted by Crippen LogP contribution is 2.45.